The summed E-state index contributed by atoms with van der Waals surface area (Å²) < 4.78 is 13.9. The van der Waals surface area contributed by atoms with Gasteiger partial charge in [-0.2, -0.15) is 5.10 Å². The maximum atomic E-state index is 13.3. The highest BCUT2D eigenvalue weighted by molar-refractivity contribution is 5.92. The summed E-state index contributed by atoms with van der Waals surface area (Å²) in [6.45, 7) is 6.74. The normalized spacial score (nSPS) is 22.8. The second-order valence-electron chi connectivity index (χ2n) is 12.6. The first kappa shape index (κ1) is 32.4. The zero-order valence-corrected chi connectivity index (χ0v) is 26.9. The Balaban J connectivity index is 1.25. The molecular formula is C34H45N5O6. The number of nitrogens with one attached hydrogen (secondary N) is 1. The number of aliphatic hydroxyl groups is 1. The van der Waals surface area contributed by atoms with Gasteiger partial charge < -0.3 is 25.0 Å². The Bertz CT molecular complexity index is 1580. The van der Waals surface area contributed by atoms with Crippen molar-refractivity contribution in [2.24, 2.45) is 11.8 Å². The maximum absolute atomic E-state index is 13.3. The Hall–Kier alpha value is -3.96. The third-order valence-corrected chi connectivity index (χ3v) is 9.14. The molecule has 242 valence electrons. The monoisotopic (exact) mass is 619 g/mol. The number of allylic oxidation sites excluding steroid dienone is 1. The van der Waals surface area contributed by atoms with Crippen LogP contribution in [0.4, 0.5) is 0 Å². The molecule has 2 aromatic heterocycles. The van der Waals surface area contributed by atoms with Crippen molar-refractivity contribution < 1.29 is 29.3 Å². The fourth-order valence-electron chi connectivity index (χ4n) is 6.38. The van der Waals surface area contributed by atoms with Gasteiger partial charge in [-0.25, -0.2) is 14.5 Å². The molecule has 3 N–H and O–H groups in total. The van der Waals surface area contributed by atoms with Gasteiger partial charge in [0.1, 0.15) is 17.0 Å². The molecule has 1 aromatic carbocycles. The van der Waals surface area contributed by atoms with Crippen LogP contribution in [0.15, 0.2) is 36.4 Å². The number of benzene rings is 1. The fraction of sp³-hybridized carbons (Fsp3) is 0.529. The predicted molar refractivity (Wildman–Crippen MR) is 171 cm³/mol. The van der Waals surface area contributed by atoms with Crippen LogP contribution in [0.1, 0.15) is 61.9 Å². The number of aromatic nitrogens is 3. The summed E-state index contributed by atoms with van der Waals surface area (Å²) in [7, 11) is 3.50. The Kier molecular flexibility index (Phi) is 9.79. The highest BCUT2D eigenvalue weighted by atomic mass is 16.5. The predicted octanol–water partition coefficient (Wildman–Crippen LogP) is 4.47. The summed E-state index contributed by atoms with van der Waals surface area (Å²) in [5.74, 6) is 0.267. The van der Waals surface area contributed by atoms with Crippen molar-refractivity contribution in [1.29, 1.82) is 0 Å². The van der Waals surface area contributed by atoms with Crippen LogP contribution in [0, 0.1) is 32.6 Å². The van der Waals surface area contributed by atoms with Crippen LogP contribution < -0.4 is 14.8 Å². The molecule has 11 heteroatoms. The Labute approximate surface area is 264 Å². The van der Waals surface area contributed by atoms with E-state index in [1.165, 1.54) is 0 Å². The lowest BCUT2D eigenvalue weighted by Crippen LogP contribution is -2.47. The van der Waals surface area contributed by atoms with Crippen molar-refractivity contribution in [3.8, 4) is 17.3 Å². The van der Waals surface area contributed by atoms with E-state index in [2.05, 4.69) is 10.4 Å². The lowest BCUT2D eigenvalue weighted by molar-refractivity contribution is -0.144. The van der Waals surface area contributed by atoms with E-state index < -0.39 is 11.5 Å². The van der Waals surface area contributed by atoms with Gasteiger partial charge in [-0.3, -0.25) is 9.69 Å². The molecule has 0 spiro atoms. The molecule has 0 aliphatic heterocycles. The van der Waals surface area contributed by atoms with Crippen LogP contribution in [0.2, 0.25) is 0 Å². The number of carbonyl (C=O) groups is 2. The van der Waals surface area contributed by atoms with E-state index in [-0.39, 0.29) is 30.6 Å². The summed E-state index contributed by atoms with van der Waals surface area (Å²) >= 11 is 0. The molecule has 0 saturated heterocycles. The Morgan fingerprint density at radius 3 is 2.67 bits per heavy atom. The average molecular weight is 620 g/mol. The van der Waals surface area contributed by atoms with Crippen LogP contribution in [0.5, 0.6) is 11.5 Å². The lowest BCUT2D eigenvalue weighted by atomic mass is 10.1. The number of carboxylic acid groups (broad SMARTS) is 1. The number of hydrogen-bond acceptors (Lipinski definition) is 8. The summed E-state index contributed by atoms with van der Waals surface area (Å²) in [6.07, 6.45) is 8.66. The number of amides is 1. The highest BCUT2D eigenvalue weighted by Crippen LogP contribution is 2.46. The van der Waals surface area contributed by atoms with Gasteiger partial charge in [0.25, 0.3) is 0 Å². The number of carbonyl (C=O) groups excluding carboxylic acids is 1. The van der Waals surface area contributed by atoms with Crippen LogP contribution >= 0.6 is 0 Å². The van der Waals surface area contributed by atoms with Gasteiger partial charge in [-0.05, 0) is 97.5 Å². The number of nitrogens with zero attached hydrogens (tertiary/aromatic N) is 4. The van der Waals surface area contributed by atoms with Gasteiger partial charge in [0.05, 0.1) is 31.2 Å². The number of aliphatic carboxylic acids is 1. The minimum absolute atomic E-state index is 0.0368. The van der Waals surface area contributed by atoms with E-state index in [1.54, 1.807) is 11.8 Å². The molecule has 3 aromatic rings. The van der Waals surface area contributed by atoms with Crippen LogP contribution in [0.3, 0.4) is 0 Å². The molecule has 2 aliphatic rings. The summed E-state index contributed by atoms with van der Waals surface area (Å²) in [6, 6.07) is 7.74. The highest BCUT2D eigenvalue weighted by Gasteiger charge is 2.61. The molecule has 11 nitrogen and oxygen atoms in total. The topological polar surface area (TPSA) is 139 Å². The number of fused-ring (bicyclic) bond motifs is 1. The number of aliphatic hydroxyl groups excluding tert-OH is 1. The minimum Gasteiger partial charge on any atom is -0.496 e. The molecular weight excluding hydrogens is 574 g/mol. The Morgan fingerprint density at radius 1 is 1.18 bits per heavy atom. The zero-order chi connectivity index (χ0) is 32.3. The van der Waals surface area contributed by atoms with Crippen molar-refractivity contribution >= 4 is 22.8 Å². The maximum Gasteiger partial charge on any atom is 0.330 e. The quantitative estimate of drug-likeness (QED) is 0.136. The smallest absolute Gasteiger partial charge is 0.330 e. The zero-order valence-electron chi connectivity index (χ0n) is 26.9. The third-order valence-electron chi connectivity index (χ3n) is 9.14. The molecule has 2 saturated carbocycles. The summed E-state index contributed by atoms with van der Waals surface area (Å²) in [5.41, 5.74) is 2.26. The van der Waals surface area contributed by atoms with Gasteiger partial charge in [-0.1, -0.05) is 12.2 Å². The standard InChI is InChI=1S/C34H45N5O6/c1-21-16-22(2)39(37-21)30-18-29(27-13-14-28(44-5)23(3)31(27)35-30)45-26-12-11-24(17-26)32(41)36-34(33(42)43)19-25(34)10-8-6-7-9-15-38(4)20-40/h8,10,13-14,16,18,24-26,40H,6-7,9,11-12,15,17,19-20H2,1-5H3,(H,36,41)(H,42,43)/b10-8-/t24-,25+,26-,34+/m0/s1. The third kappa shape index (κ3) is 6.99. The lowest BCUT2D eigenvalue weighted by Gasteiger charge is -2.19. The number of hydrogen-bond donors (Lipinski definition) is 3. The number of unbranched alkanes of at least 4 members (excludes halogenated alkanes) is 2. The molecule has 2 fully saturated rings. The number of ether oxygens (including phenoxy) is 2. The molecule has 2 aliphatic carbocycles. The van der Waals surface area contributed by atoms with Crippen molar-refractivity contribution in [2.75, 3.05) is 27.4 Å². The molecule has 0 unspecified atom stereocenters. The average Bonchev–Trinajstić information content (AvgIpc) is 3.31. The number of carboxylic acids is 1. The molecule has 0 radical (unpaired) electrons. The van der Waals surface area contributed by atoms with Crippen LogP contribution in [-0.4, -0.2) is 80.8 Å². The van der Waals surface area contributed by atoms with E-state index in [4.69, 9.17) is 19.6 Å². The SMILES string of the molecule is COc1ccc2c(O[C@H]3CC[C@H](C(=O)N[C@]4(C(=O)O)C[C@H]4/C=C\CCCCN(C)CO)C3)cc(-n3nc(C)cc3C)nc2c1C. The Morgan fingerprint density at radius 2 is 1.98 bits per heavy atom. The molecule has 2 heterocycles. The van der Waals surface area contributed by atoms with Gasteiger partial charge >= 0.3 is 5.97 Å². The number of rotatable bonds is 14. The largest absolute Gasteiger partial charge is 0.496 e. The van der Waals surface area contributed by atoms with E-state index in [9.17, 15) is 14.7 Å². The molecule has 1 amide bonds. The van der Waals surface area contributed by atoms with Gasteiger partial charge in [0.2, 0.25) is 5.91 Å². The number of pyridine rings is 1. The van der Waals surface area contributed by atoms with Crippen LogP contribution in [-0.2, 0) is 9.59 Å². The number of methoxy groups -OCH3 is 1. The van der Waals surface area contributed by atoms with E-state index in [0.717, 1.165) is 59.4 Å². The van der Waals surface area contributed by atoms with E-state index >= 15 is 0 Å². The second-order valence-corrected chi connectivity index (χ2v) is 12.6. The molecule has 45 heavy (non-hydrogen) atoms. The minimum atomic E-state index is -1.24. The first-order chi connectivity index (χ1) is 21.6. The van der Waals surface area contributed by atoms with Crippen molar-refractivity contribution in [3.63, 3.8) is 0 Å². The summed E-state index contributed by atoms with van der Waals surface area (Å²) in [5, 5.41) is 27.5. The van der Waals surface area contributed by atoms with E-state index in [1.807, 2.05) is 69.1 Å². The first-order valence-corrected chi connectivity index (χ1v) is 15.8. The summed E-state index contributed by atoms with van der Waals surface area (Å²) in [4.78, 5) is 32.4. The molecule has 4 atom stereocenters. The second kappa shape index (κ2) is 13.6. The molecule has 5 rings (SSSR count). The number of aryl methyl sites for hydroxylation is 3. The fourth-order valence-corrected chi connectivity index (χ4v) is 6.38. The van der Waals surface area contributed by atoms with E-state index in [0.29, 0.717) is 37.3 Å². The van der Waals surface area contributed by atoms with Gasteiger partial charge in [0, 0.05) is 34.5 Å². The van der Waals surface area contributed by atoms with Crippen molar-refractivity contribution in [1.82, 2.24) is 25.0 Å². The van der Waals surface area contributed by atoms with Crippen molar-refractivity contribution in [3.05, 3.63) is 53.4 Å². The first-order valence-electron chi connectivity index (χ1n) is 15.8. The van der Waals surface area contributed by atoms with Crippen LogP contribution in [0.25, 0.3) is 16.7 Å². The molecule has 0 bridgehead atoms. The van der Waals surface area contributed by atoms with Gasteiger partial charge in [-0.15, -0.1) is 0 Å². The van der Waals surface area contributed by atoms with Crippen molar-refractivity contribution in [2.45, 2.75) is 77.4 Å². The van der Waals surface area contributed by atoms with Gasteiger partial charge in [0.15, 0.2) is 5.82 Å².